The first-order valence-electron chi connectivity index (χ1n) is 5.60. The number of rotatable bonds is 2. The number of aromatic hydroxyl groups is 1. The predicted molar refractivity (Wildman–Crippen MR) is 68.9 cm³/mol. The van der Waals surface area contributed by atoms with E-state index in [1.807, 2.05) is 36.4 Å². The topological polar surface area (TPSA) is 61.8 Å². The number of nitrogens with one attached hydrogen (secondary N) is 1. The molecule has 0 bridgehead atoms. The van der Waals surface area contributed by atoms with Crippen molar-refractivity contribution in [3.8, 4) is 28.1 Å². The Hall–Kier alpha value is -2.62. The molecule has 0 fully saturated rings. The second-order valence-electron chi connectivity index (χ2n) is 3.92. The van der Waals surface area contributed by atoms with Crippen LogP contribution in [0.3, 0.4) is 0 Å². The summed E-state index contributed by atoms with van der Waals surface area (Å²) in [5.41, 5.74) is 3.42. The van der Waals surface area contributed by atoms with Crippen molar-refractivity contribution in [2.45, 2.75) is 0 Å². The van der Waals surface area contributed by atoms with Crippen LogP contribution in [0.4, 0.5) is 0 Å². The number of aromatic nitrogens is 3. The number of hydrogen-bond donors (Lipinski definition) is 2. The van der Waals surface area contributed by atoms with E-state index in [-0.39, 0.29) is 5.75 Å². The highest BCUT2D eigenvalue weighted by atomic mass is 16.3. The fourth-order valence-corrected chi connectivity index (χ4v) is 1.98. The summed E-state index contributed by atoms with van der Waals surface area (Å²) >= 11 is 0. The minimum absolute atomic E-state index is 0.258. The molecule has 4 nitrogen and oxygen atoms in total. The fourth-order valence-electron chi connectivity index (χ4n) is 1.98. The van der Waals surface area contributed by atoms with Gasteiger partial charge in [0, 0.05) is 11.1 Å². The number of phenols is 1. The van der Waals surface area contributed by atoms with E-state index in [0.717, 1.165) is 22.4 Å². The zero-order chi connectivity index (χ0) is 12.4. The van der Waals surface area contributed by atoms with Crippen LogP contribution in [0, 0.1) is 0 Å². The van der Waals surface area contributed by atoms with Crippen LogP contribution in [-0.2, 0) is 0 Å². The third-order valence-corrected chi connectivity index (χ3v) is 2.81. The van der Waals surface area contributed by atoms with Gasteiger partial charge in [0.1, 0.15) is 11.4 Å². The molecule has 0 unspecified atom stereocenters. The lowest BCUT2D eigenvalue weighted by Crippen LogP contribution is -1.85. The van der Waals surface area contributed by atoms with E-state index in [0.29, 0.717) is 0 Å². The molecular formula is C14H11N3O. The normalized spacial score (nSPS) is 10.4. The fraction of sp³-hybridized carbons (Fsp3) is 0. The van der Waals surface area contributed by atoms with Gasteiger partial charge in [-0.1, -0.05) is 47.7 Å². The van der Waals surface area contributed by atoms with E-state index >= 15 is 0 Å². The Labute approximate surface area is 104 Å². The van der Waals surface area contributed by atoms with Gasteiger partial charge >= 0.3 is 0 Å². The van der Waals surface area contributed by atoms with Gasteiger partial charge in [0.05, 0.1) is 6.20 Å². The Balaban J connectivity index is 2.22. The first kappa shape index (κ1) is 10.5. The lowest BCUT2D eigenvalue weighted by Gasteiger charge is -2.08. The van der Waals surface area contributed by atoms with Gasteiger partial charge in [-0.25, -0.2) is 0 Å². The van der Waals surface area contributed by atoms with Crippen LogP contribution in [0.1, 0.15) is 0 Å². The molecule has 0 aliphatic carbocycles. The minimum Gasteiger partial charge on any atom is -0.507 e. The van der Waals surface area contributed by atoms with Crippen LogP contribution < -0.4 is 0 Å². The molecule has 18 heavy (non-hydrogen) atoms. The van der Waals surface area contributed by atoms with Crippen molar-refractivity contribution < 1.29 is 5.11 Å². The predicted octanol–water partition coefficient (Wildman–Crippen LogP) is 2.84. The summed E-state index contributed by atoms with van der Waals surface area (Å²) in [5.74, 6) is 0.258. The maximum atomic E-state index is 9.94. The largest absolute Gasteiger partial charge is 0.507 e. The van der Waals surface area contributed by atoms with Crippen molar-refractivity contribution in [1.29, 1.82) is 0 Å². The highest BCUT2D eigenvalue weighted by Gasteiger charge is 2.11. The van der Waals surface area contributed by atoms with Crippen molar-refractivity contribution >= 4 is 0 Å². The van der Waals surface area contributed by atoms with E-state index in [9.17, 15) is 5.11 Å². The molecule has 0 aliphatic rings. The second kappa shape index (κ2) is 4.33. The number of para-hydroxylation sites is 1. The van der Waals surface area contributed by atoms with E-state index in [1.165, 1.54) is 0 Å². The van der Waals surface area contributed by atoms with Crippen LogP contribution >= 0.6 is 0 Å². The number of nitrogens with zero attached hydrogens (tertiary/aromatic N) is 2. The monoisotopic (exact) mass is 237 g/mol. The van der Waals surface area contributed by atoms with Gasteiger partial charge in [0.2, 0.25) is 0 Å². The van der Waals surface area contributed by atoms with Gasteiger partial charge < -0.3 is 5.11 Å². The van der Waals surface area contributed by atoms with Crippen LogP contribution in [-0.4, -0.2) is 20.5 Å². The van der Waals surface area contributed by atoms with Gasteiger partial charge in [-0.2, -0.15) is 0 Å². The average Bonchev–Trinajstić information content (AvgIpc) is 2.93. The summed E-state index contributed by atoms with van der Waals surface area (Å²) < 4.78 is 0. The maximum Gasteiger partial charge on any atom is 0.123 e. The maximum absolute atomic E-state index is 9.94. The molecule has 1 heterocycles. The molecule has 0 saturated carbocycles. The van der Waals surface area contributed by atoms with E-state index in [2.05, 4.69) is 15.4 Å². The molecule has 0 radical (unpaired) electrons. The molecule has 0 amide bonds. The molecule has 0 atom stereocenters. The molecular weight excluding hydrogens is 226 g/mol. The van der Waals surface area contributed by atoms with Crippen molar-refractivity contribution in [3.05, 3.63) is 54.7 Å². The second-order valence-corrected chi connectivity index (χ2v) is 3.92. The van der Waals surface area contributed by atoms with Crippen molar-refractivity contribution in [2.24, 2.45) is 0 Å². The summed E-state index contributed by atoms with van der Waals surface area (Å²) in [4.78, 5) is 0. The van der Waals surface area contributed by atoms with Crippen molar-refractivity contribution in [3.63, 3.8) is 0 Å². The van der Waals surface area contributed by atoms with Gasteiger partial charge in [-0.15, -0.1) is 5.10 Å². The lowest BCUT2D eigenvalue weighted by molar-refractivity contribution is 0.477. The van der Waals surface area contributed by atoms with Crippen LogP contribution in [0.25, 0.3) is 22.4 Å². The molecule has 2 N–H and O–H groups in total. The molecule has 0 spiro atoms. The van der Waals surface area contributed by atoms with Gasteiger partial charge in [0.15, 0.2) is 0 Å². The number of phenolic OH excluding ortho intramolecular Hbond substituents is 1. The summed E-state index contributed by atoms with van der Waals surface area (Å²) in [6.45, 7) is 0. The Kier molecular flexibility index (Phi) is 2.53. The summed E-state index contributed by atoms with van der Waals surface area (Å²) in [6, 6.07) is 15.0. The summed E-state index contributed by atoms with van der Waals surface area (Å²) in [5, 5.41) is 20.4. The Morgan fingerprint density at radius 2 is 1.50 bits per heavy atom. The molecule has 1 aromatic heterocycles. The Bertz CT molecular complexity index is 662. The molecule has 3 aromatic rings. The standard InChI is InChI=1S/C14H11N3O/c18-14-8-4-3-7-12(14)10-5-1-2-6-11(10)13-9-15-17-16-13/h1-9,18H,(H,15,16,17). The molecule has 2 aromatic carbocycles. The number of benzene rings is 2. The van der Waals surface area contributed by atoms with Crippen molar-refractivity contribution in [1.82, 2.24) is 15.4 Å². The first-order chi connectivity index (χ1) is 8.86. The number of H-pyrrole nitrogens is 1. The molecule has 0 aliphatic heterocycles. The third-order valence-electron chi connectivity index (χ3n) is 2.81. The zero-order valence-electron chi connectivity index (χ0n) is 9.54. The van der Waals surface area contributed by atoms with Gasteiger partial charge in [-0.05, 0) is 11.6 Å². The van der Waals surface area contributed by atoms with Crippen LogP contribution in [0.5, 0.6) is 5.75 Å². The van der Waals surface area contributed by atoms with Crippen molar-refractivity contribution in [2.75, 3.05) is 0 Å². The van der Waals surface area contributed by atoms with E-state index in [4.69, 9.17) is 0 Å². The first-order valence-corrected chi connectivity index (χ1v) is 5.60. The average molecular weight is 237 g/mol. The quantitative estimate of drug-likeness (QED) is 0.720. The lowest BCUT2D eigenvalue weighted by atomic mass is 9.97. The molecule has 3 rings (SSSR count). The number of hydrogen-bond acceptors (Lipinski definition) is 3. The highest BCUT2D eigenvalue weighted by Crippen LogP contribution is 2.35. The third kappa shape index (κ3) is 1.73. The van der Waals surface area contributed by atoms with E-state index in [1.54, 1.807) is 18.3 Å². The van der Waals surface area contributed by atoms with E-state index < -0.39 is 0 Å². The zero-order valence-corrected chi connectivity index (χ0v) is 9.54. The minimum atomic E-state index is 0.258. The molecule has 0 saturated heterocycles. The highest BCUT2D eigenvalue weighted by molar-refractivity contribution is 5.84. The molecule has 4 heteroatoms. The van der Waals surface area contributed by atoms with Crippen LogP contribution in [0.15, 0.2) is 54.7 Å². The van der Waals surface area contributed by atoms with Gasteiger partial charge in [-0.3, -0.25) is 5.10 Å². The summed E-state index contributed by atoms with van der Waals surface area (Å²) in [7, 11) is 0. The summed E-state index contributed by atoms with van der Waals surface area (Å²) in [6.07, 6.45) is 1.73. The SMILES string of the molecule is Oc1ccccc1-c1ccccc1-c1c[nH]nn1. The van der Waals surface area contributed by atoms with Gasteiger partial charge in [0.25, 0.3) is 0 Å². The molecule has 88 valence electrons. The number of aromatic amines is 1. The smallest absolute Gasteiger partial charge is 0.123 e. The van der Waals surface area contributed by atoms with Crippen LogP contribution in [0.2, 0.25) is 0 Å². The Morgan fingerprint density at radius 1 is 0.833 bits per heavy atom. The Morgan fingerprint density at radius 3 is 2.17 bits per heavy atom.